The van der Waals surface area contributed by atoms with E-state index < -0.39 is 12.1 Å². The van der Waals surface area contributed by atoms with E-state index in [2.05, 4.69) is 10.3 Å². The summed E-state index contributed by atoms with van der Waals surface area (Å²) in [7, 11) is 0. The van der Waals surface area contributed by atoms with E-state index in [0.717, 1.165) is 15.2 Å². The van der Waals surface area contributed by atoms with Crippen LogP contribution >= 0.6 is 11.3 Å². The molecule has 2 aromatic carbocycles. The number of amides is 2. The number of anilines is 1. The van der Waals surface area contributed by atoms with Crippen molar-refractivity contribution in [2.45, 2.75) is 39.0 Å². The van der Waals surface area contributed by atoms with Gasteiger partial charge in [0.15, 0.2) is 6.10 Å². The van der Waals surface area contributed by atoms with Crippen molar-refractivity contribution in [2.24, 2.45) is 0 Å². The molecule has 144 valence electrons. The summed E-state index contributed by atoms with van der Waals surface area (Å²) in [5.74, 6) is 0.145. The molecule has 0 saturated heterocycles. The van der Waals surface area contributed by atoms with E-state index in [1.165, 1.54) is 4.90 Å². The molecule has 4 rings (SSSR count). The number of aromatic nitrogens is 1. The first-order valence-corrected chi connectivity index (χ1v) is 10.0. The van der Waals surface area contributed by atoms with Crippen molar-refractivity contribution in [1.29, 1.82) is 0 Å². The van der Waals surface area contributed by atoms with Gasteiger partial charge in [0.05, 0.1) is 21.9 Å². The smallest absolute Gasteiger partial charge is 0.268 e. The summed E-state index contributed by atoms with van der Waals surface area (Å²) in [5, 5.41) is 3.83. The van der Waals surface area contributed by atoms with Crippen LogP contribution in [0.25, 0.3) is 10.2 Å². The van der Waals surface area contributed by atoms with Gasteiger partial charge >= 0.3 is 0 Å². The second kappa shape index (κ2) is 7.24. The fourth-order valence-electron chi connectivity index (χ4n) is 3.30. The Balaban J connectivity index is 1.55. The predicted octanol–water partition coefficient (Wildman–Crippen LogP) is 3.68. The average molecular weight is 395 g/mol. The number of nitrogens with zero attached hydrogens (tertiary/aromatic N) is 2. The highest BCUT2D eigenvalue weighted by Crippen LogP contribution is 2.35. The fraction of sp³-hybridized carbons (Fsp3) is 0.286. The summed E-state index contributed by atoms with van der Waals surface area (Å²) >= 11 is 1.56. The first-order valence-electron chi connectivity index (χ1n) is 9.20. The molecule has 2 heterocycles. The van der Waals surface area contributed by atoms with Crippen molar-refractivity contribution in [2.75, 3.05) is 4.90 Å². The summed E-state index contributed by atoms with van der Waals surface area (Å²) in [5.41, 5.74) is 1.53. The van der Waals surface area contributed by atoms with E-state index in [9.17, 15) is 9.59 Å². The lowest BCUT2D eigenvalue weighted by Gasteiger charge is -2.36. The second-order valence-electron chi connectivity index (χ2n) is 6.86. The van der Waals surface area contributed by atoms with Crippen molar-refractivity contribution >= 4 is 39.1 Å². The van der Waals surface area contributed by atoms with Crippen molar-refractivity contribution in [1.82, 2.24) is 10.3 Å². The van der Waals surface area contributed by atoms with Gasteiger partial charge in [-0.3, -0.25) is 14.5 Å². The van der Waals surface area contributed by atoms with Crippen LogP contribution in [0, 0.1) is 0 Å². The molecule has 0 unspecified atom stereocenters. The number of rotatable bonds is 4. The molecule has 0 spiro atoms. The minimum Gasteiger partial charge on any atom is -0.479 e. The third kappa shape index (κ3) is 3.22. The summed E-state index contributed by atoms with van der Waals surface area (Å²) < 4.78 is 6.74. The number of para-hydroxylation sites is 3. The monoisotopic (exact) mass is 395 g/mol. The van der Waals surface area contributed by atoms with Crippen LogP contribution in [-0.2, 0) is 9.59 Å². The van der Waals surface area contributed by atoms with Crippen LogP contribution < -0.4 is 15.0 Å². The summed E-state index contributed by atoms with van der Waals surface area (Å²) in [6, 6.07) is 14.2. The molecule has 0 bridgehead atoms. The Morgan fingerprint density at radius 2 is 1.89 bits per heavy atom. The Morgan fingerprint density at radius 1 is 1.18 bits per heavy atom. The lowest BCUT2D eigenvalue weighted by Crippen LogP contribution is -2.54. The van der Waals surface area contributed by atoms with E-state index in [1.807, 2.05) is 43.3 Å². The molecule has 6 nitrogen and oxygen atoms in total. The van der Waals surface area contributed by atoms with Crippen molar-refractivity contribution in [3.63, 3.8) is 0 Å². The SMILES string of the molecule is C[C@@H]1Oc2ccccc2N([C@@H](C)C(=O)N[C@H](C)c2nc3ccccc3s2)C1=O. The molecule has 0 saturated carbocycles. The molecule has 28 heavy (non-hydrogen) atoms. The number of carbonyl (C=O) groups excluding carboxylic acids is 2. The highest BCUT2D eigenvalue weighted by Gasteiger charge is 2.37. The number of benzene rings is 2. The first kappa shape index (κ1) is 18.4. The number of hydrogen-bond donors (Lipinski definition) is 1. The highest BCUT2D eigenvalue weighted by atomic mass is 32.1. The predicted molar refractivity (Wildman–Crippen MR) is 110 cm³/mol. The summed E-state index contributed by atoms with van der Waals surface area (Å²) in [6.07, 6.45) is -0.633. The number of fused-ring (bicyclic) bond motifs is 2. The normalized spacial score (nSPS) is 18.3. The van der Waals surface area contributed by atoms with Crippen LogP contribution in [0.2, 0.25) is 0 Å². The van der Waals surface area contributed by atoms with E-state index in [4.69, 9.17) is 4.74 Å². The van der Waals surface area contributed by atoms with Crippen LogP contribution in [-0.4, -0.2) is 28.9 Å². The zero-order chi connectivity index (χ0) is 19.8. The third-order valence-corrected chi connectivity index (χ3v) is 6.04. The van der Waals surface area contributed by atoms with E-state index in [-0.39, 0.29) is 17.9 Å². The Kier molecular flexibility index (Phi) is 4.77. The van der Waals surface area contributed by atoms with E-state index >= 15 is 0 Å². The van der Waals surface area contributed by atoms with Gasteiger partial charge in [-0.25, -0.2) is 4.98 Å². The molecule has 0 radical (unpaired) electrons. The van der Waals surface area contributed by atoms with Crippen molar-refractivity contribution in [3.8, 4) is 5.75 Å². The molecule has 1 aliphatic rings. The molecule has 1 N–H and O–H groups in total. The lowest BCUT2D eigenvalue weighted by atomic mass is 10.1. The number of hydrogen-bond acceptors (Lipinski definition) is 5. The van der Waals surface area contributed by atoms with Gasteiger partial charge in [0, 0.05) is 0 Å². The second-order valence-corrected chi connectivity index (χ2v) is 7.92. The van der Waals surface area contributed by atoms with Gasteiger partial charge in [-0.2, -0.15) is 0 Å². The fourth-order valence-corrected chi connectivity index (χ4v) is 4.27. The van der Waals surface area contributed by atoms with Crippen LogP contribution in [0.5, 0.6) is 5.75 Å². The van der Waals surface area contributed by atoms with Crippen molar-refractivity contribution in [3.05, 3.63) is 53.5 Å². The standard InChI is InChI=1S/C21H21N3O3S/c1-12(20-23-15-8-4-7-11-18(15)28-20)22-19(25)13(2)24-16-9-5-6-10-17(16)27-14(3)21(24)26/h4-14H,1-3H3,(H,22,25)/t12-,13+,14+/m1/s1. The molecular weight excluding hydrogens is 374 g/mol. The molecule has 3 atom stereocenters. The molecular formula is C21H21N3O3S. The Labute approximate surface area is 167 Å². The molecule has 2 amide bonds. The van der Waals surface area contributed by atoms with Gasteiger partial charge in [-0.15, -0.1) is 11.3 Å². The van der Waals surface area contributed by atoms with Gasteiger partial charge in [0.25, 0.3) is 5.91 Å². The Bertz CT molecular complexity index is 1020. The zero-order valence-corrected chi connectivity index (χ0v) is 16.7. The van der Waals surface area contributed by atoms with E-state index in [0.29, 0.717) is 11.4 Å². The van der Waals surface area contributed by atoms with Crippen LogP contribution in [0.15, 0.2) is 48.5 Å². The van der Waals surface area contributed by atoms with E-state index in [1.54, 1.807) is 37.3 Å². The molecule has 3 aromatic rings. The maximum Gasteiger partial charge on any atom is 0.268 e. The Morgan fingerprint density at radius 3 is 2.68 bits per heavy atom. The molecule has 0 aliphatic carbocycles. The van der Waals surface area contributed by atoms with Gasteiger partial charge in [-0.1, -0.05) is 24.3 Å². The van der Waals surface area contributed by atoms with Gasteiger partial charge in [0.1, 0.15) is 16.8 Å². The van der Waals surface area contributed by atoms with Crippen molar-refractivity contribution < 1.29 is 14.3 Å². The minimum absolute atomic E-state index is 0.228. The maximum absolute atomic E-state index is 12.9. The topological polar surface area (TPSA) is 71.5 Å². The highest BCUT2D eigenvalue weighted by molar-refractivity contribution is 7.18. The van der Waals surface area contributed by atoms with Crippen LogP contribution in [0.4, 0.5) is 5.69 Å². The quantitative estimate of drug-likeness (QED) is 0.732. The third-order valence-electron chi connectivity index (χ3n) is 4.82. The maximum atomic E-state index is 12.9. The lowest BCUT2D eigenvalue weighted by molar-refractivity contribution is -0.130. The molecule has 7 heteroatoms. The van der Waals surface area contributed by atoms with Gasteiger partial charge < -0.3 is 10.1 Å². The molecule has 1 aliphatic heterocycles. The van der Waals surface area contributed by atoms with Gasteiger partial charge in [0.2, 0.25) is 5.91 Å². The largest absolute Gasteiger partial charge is 0.479 e. The van der Waals surface area contributed by atoms with Gasteiger partial charge in [-0.05, 0) is 45.0 Å². The zero-order valence-electron chi connectivity index (χ0n) is 15.9. The van der Waals surface area contributed by atoms with Crippen LogP contribution in [0.1, 0.15) is 31.8 Å². The number of ether oxygens (including phenoxy) is 1. The number of thiazole rings is 1. The minimum atomic E-state index is -0.670. The van der Waals surface area contributed by atoms with Crippen LogP contribution in [0.3, 0.4) is 0 Å². The summed E-state index contributed by atoms with van der Waals surface area (Å²) in [4.78, 5) is 31.8. The Hall–Kier alpha value is -2.93. The first-order chi connectivity index (χ1) is 13.5. The number of nitrogens with one attached hydrogen (secondary N) is 1. The average Bonchev–Trinajstić information content (AvgIpc) is 3.13. The molecule has 0 fully saturated rings. The number of carbonyl (C=O) groups is 2. The summed E-state index contributed by atoms with van der Waals surface area (Å²) in [6.45, 7) is 5.33. The molecule has 1 aromatic heterocycles.